The van der Waals surface area contributed by atoms with Crippen molar-refractivity contribution in [3.8, 4) is 0 Å². The van der Waals surface area contributed by atoms with Crippen LogP contribution in [0.4, 0.5) is 0 Å². The number of nitrogens with zero attached hydrogens (tertiary/aromatic N) is 1. The zero-order valence-corrected chi connectivity index (χ0v) is 12.7. The van der Waals surface area contributed by atoms with Crippen molar-refractivity contribution >= 4 is 39.2 Å². The van der Waals surface area contributed by atoms with Gasteiger partial charge in [-0.3, -0.25) is 4.67 Å². The summed E-state index contributed by atoms with van der Waals surface area (Å²) >= 11 is 9.98. The molecule has 0 aliphatic carbocycles. The number of rotatable bonds is 3. The predicted molar refractivity (Wildman–Crippen MR) is 75.9 cm³/mol. The lowest BCUT2D eigenvalue weighted by atomic mass is 10.3. The van der Waals surface area contributed by atoms with E-state index in [0.717, 1.165) is 0 Å². The van der Waals surface area contributed by atoms with Gasteiger partial charge in [-0.2, -0.15) is 0 Å². The van der Waals surface area contributed by atoms with Crippen LogP contribution < -0.4 is 0 Å². The maximum Gasteiger partial charge on any atom is 0.120 e. The molecule has 0 saturated carbocycles. The maximum absolute atomic E-state index is 5.89. The quantitative estimate of drug-likeness (QED) is 0.706. The summed E-state index contributed by atoms with van der Waals surface area (Å²) < 4.78 is 1.23. The fourth-order valence-electron chi connectivity index (χ4n) is 1.75. The molecule has 1 rings (SSSR count). The summed E-state index contributed by atoms with van der Waals surface area (Å²) in [4.78, 5) is 0. The van der Waals surface area contributed by atoms with Gasteiger partial charge in [0.2, 0.25) is 0 Å². The Hall–Kier alpha value is 1.31. The van der Waals surface area contributed by atoms with E-state index in [1.807, 2.05) is 22.8 Å². The Morgan fingerprint density at radius 2 is 1.50 bits per heavy atom. The van der Waals surface area contributed by atoms with Gasteiger partial charge in [0.15, 0.2) is 0 Å². The van der Waals surface area contributed by atoms with E-state index in [1.54, 1.807) is 0 Å². The van der Waals surface area contributed by atoms with Gasteiger partial charge >= 0.3 is 0 Å². The van der Waals surface area contributed by atoms with Gasteiger partial charge in [0.25, 0.3) is 0 Å². The van der Waals surface area contributed by atoms with Gasteiger partial charge in [-0.15, -0.1) is 0 Å². The molecule has 1 nitrogen and oxygen atoms in total. The molecule has 1 fully saturated rings. The molecule has 5 heteroatoms. The van der Waals surface area contributed by atoms with Gasteiger partial charge in [-0.05, 0) is 34.1 Å². The molecule has 1 aliphatic rings. The molecule has 0 N–H and O–H groups in total. The summed E-state index contributed by atoms with van der Waals surface area (Å²) in [5.41, 5.74) is 0. The highest BCUT2D eigenvalue weighted by Crippen LogP contribution is 2.74. The molecule has 1 saturated heterocycles. The average molecular weight is 269 g/mol. The molecule has 0 radical (unpaired) electrons. The van der Waals surface area contributed by atoms with Gasteiger partial charge in [0, 0.05) is 23.6 Å². The first-order valence-electron chi connectivity index (χ1n) is 5.15. The fourth-order valence-corrected chi connectivity index (χ4v) is 14.3. The van der Waals surface area contributed by atoms with E-state index < -0.39 is 4.59 Å². The molecule has 1 aliphatic heterocycles. The third kappa shape index (κ3) is 3.15. The van der Waals surface area contributed by atoms with Crippen molar-refractivity contribution in [1.29, 1.82) is 0 Å². The van der Waals surface area contributed by atoms with Crippen LogP contribution in [0.3, 0.4) is 0 Å². The Bertz CT molecular complexity index is 212. The smallest absolute Gasteiger partial charge is 0.120 e. The Kier molecular flexibility index (Phi) is 5.33. The second kappa shape index (κ2) is 5.58. The lowest BCUT2D eigenvalue weighted by molar-refractivity contribution is 0.330. The topological polar surface area (TPSA) is 3.24 Å². The van der Waals surface area contributed by atoms with Crippen LogP contribution in [0.25, 0.3) is 0 Å². The second-order valence-corrected chi connectivity index (χ2v) is 15.2. The Balaban J connectivity index is 2.80. The van der Waals surface area contributed by atoms with Gasteiger partial charge < -0.3 is 0 Å². The molecule has 0 aromatic rings. The zero-order chi connectivity index (χ0) is 10.8. The van der Waals surface area contributed by atoms with Crippen LogP contribution in [0.1, 0.15) is 34.1 Å². The first kappa shape index (κ1) is 13.4. The minimum atomic E-state index is -1.34. The Morgan fingerprint density at radius 3 is 1.86 bits per heavy atom. The highest BCUT2D eigenvalue weighted by molar-refractivity contribution is 9.00. The standard InChI is InChI=1S/C9H20NPS3/c1-8(2)10(9(3)4)11(12)13-6-5-7-14-11/h8-9H,5-7H2,1-4H3. The summed E-state index contributed by atoms with van der Waals surface area (Å²) in [6, 6.07) is 1.16. The van der Waals surface area contributed by atoms with E-state index in [0.29, 0.717) is 12.1 Å². The van der Waals surface area contributed by atoms with Crippen molar-refractivity contribution < 1.29 is 0 Å². The highest BCUT2D eigenvalue weighted by atomic mass is 33.2. The third-order valence-electron chi connectivity index (χ3n) is 2.14. The summed E-state index contributed by atoms with van der Waals surface area (Å²) in [6.07, 6.45) is 1.33. The Labute approximate surface area is 101 Å². The van der Waals surface area contributed by atoms with Crippen LogP contribution in [-0.2, 0) is 11.8 Å². The molecule has 1 heterocycles. The minimum absolute atomic E-state index is 0.582. The van der Waals surface area contributed by atoms with Crippen molar-refractivity contribution in [2.45, 2.75) is 46.2 Å². The summed E-state index contributed by atoms with van der Waals surface area (Å²) in [5, 5.41) is 0. The van der Waals surface area contributed by atoms with E-state index >= 15 is 0 Å². The molecular weight excluding hydrogens is 249 g/mol. The minimum Gasteiger partial charge on any atom is -0.254 e. The monoisotopic (exact) mass is 269 g/mol. The van der Waals surface area contributed by atoms with E-state index in [1.165, 1.54) is 17.9 Å². The number of hydrogen-bond donors (Lipinski definition) is 0. The summed E-state index contributed by atoms with van der Waals surface area (Å²) in [5.74, 6) is 2.53. The molecular formula is C9H20NPS3. The van der Waals surface area contributed by atoms with Gasteiger partial charge in [-0.25, -0.2) is 0 Å². The largest absolute Gasteiger partial charge is 0.254 e. The zero-order valence-electron chi connectivity index (χ0n) is 9.40. The van der Waals surface area contributed by atoms with Crippen molar-refractivity contribution in [3.63, 3.8) is 0 Å². The van der Waals surface area contributed by atoms with Crippen LogP contribution >= 0.6 is 27.4 Å². The first-order chi connectivity index (χ1) is 6.47. The SMILES string of the molecule is CC(C)N(C(C)C)P1(=S)SCCCS1. The van der Waals surface area contributed by atoms with Crippen LogP contribution in [0, 0.1) is 0 Å². The third-order valence-corrected chi connectivity index (χ3v) is 13.8. The predicted octanol–water partition coefficient (Wildman–Crippen LogP) is 4.20. The van der Waals surface area contributed by atoms with Gasteiger partial charge in [0.1, 0.15) is 4.59 Å². The van der Waals surface area contributed by atoms with E-state index in [2.05, 4.69) is 32.4 Å². The van der Waals surface area contributed by atoms with E-state index in [4.69, 9.17) is 11.8 Å². The van der Waals surface area contributed by atoms with Crippen LogP contribution in [0.5, 0.6) is 0 Å². The molecule has 0 bridgehead atoms. The lowest BCUT2D eigenvalue weighted by Gasteiger charge is -2.41. The van der Waals surface area contributed by atoms with E-state index in [9.17, 15) is 0 Å². The maximum atomic E-state index is 5.89. The van der Waals surface area contributed by atoms with Crippen LogP contribution in [-0.4, -0.2) is 28.3 Å². The van der Waals surface area contributed by atoms with Crippen LogP contribution in [0.2, 0.25) is 0 Å². The average Bonchev–Trinajstić information content (AvgIpc) is 2.02. The second-order valence-electron chi connectivity index (χ2n) is 4.06. The molecule has 0 atom stereocenters. The Morgan fingerprint density at radius 1 is 1.07 bits per heavy atom. The van der Waals surface area contributed by atoms with Crippen molar-refractivity contribution in [1.82, 2.24) is 4.67 Å². The van der Waals surface area contributed by atoms with Crippen molar-refractivity contribution in [2.75, 3.05) is 11.5 Å². The number of hydrogen-bond acceptors (Lipinski definition) is 3. The van der Waals surface area contributed by atoms with Crippen molar-refractivity contribution in [3.05, 3.63) is 0 Å². The van der Waals surface area contributed by atoms with Gasteiger partial charge in [0.05, 0.1) is 0 Å². The lowest BCUT2D eigenvalue weighted by Crippen LogP contribution is -2.33. The summed E-state index contributed by atoms with van der Waals surface area (Å²) in [7, 11) is 0. The summed E-state index contributed by atoms with van der Waals surface area (Å²) in [6.45, 7) is 9.07. The van der Waals surface area contributed by atoms with E-state index in [-0.39, 0.29) is 0 Å². The van der Waals surface area contributed by atoms with Crippen molar-refractivity contribution in [2.24, 2.45) is 0 Å². The first-order valence-corrected chi connectivity index (χ1v) is 11.1. The molecule has 14 heavy (non-hydrogen) atoms. The normalized spacial score (nSPS) is 22.2. The molecule has 0 aromatic carbocycles. The fraction of sp³-hybridized carbons (Fsp3) is 1.00. The highest BCUT2D eigenvalue weighted by Gasteiger charge is 2.32. The van der Waals surface area contributed by atoms with Crippen LogP contribution in [0.15, 0.2) is 0 Å². The van der Waals surface area contributed by atoms with Gasteiger partial charge in [-0.1, -0.05) is 34.6 Å². The molecule has 84 valence electrons. The molecule has 0 aromatic heterocycles. The molecule has 0 unspecified atom stereocenters. The molecule has 0 amide bonds. The molecule has 0 spiro atoms.